The van der Waals surface area contributed by atoms with Gasteiger partial charge in [0.05, 0.1) is 13.0 Å². The van der Waals surface area contributed by atoms with Crippen LogP contribution in [0.4, 0.5) is 0 Å². The number of carbonyl (C=O) groups is 2. The lowest BCUT2D eigenvalue weighted by Gasteiger charge is -2.08. The van der Waals surface area contributed by atoms with Crippen LogP contribution in [0.15, 0.2) is 0 Å². The van der Waals surface area contributed by atoms with Crippen molar-refractivity contribution in [2.45, 2.75) is 19.8 Å². The number of hydrogen-bond acceptors (Lipinski definition) is 3. The van der Waals surface area contributed by atoms with Crippen LogP contribution in [-0.2, 0) is 14.3 Å². The highest BCUT2D eigenvalue weighted by atomic mass is 16.5. The topological polar surface area (TPSA) is 55.4 Å². The van der Waals surface area contributed by atoms with Crippen LogP contribution in [0.25, 0.3) is 0 Å². The summed E-state index contributed by atoms with van der Waals surface area (Å²) in [5.74, 6) is 0.149. The molecule has 1 aliphatic rings. The fourth-order valence-corrected chi connectivity index (χ4v) is 1.29. The van der Waals surface area contributed by atoms with Crippen molar-refractivity contribution in [1.29, 1.82) is 0 Å². The van der Waals surface area contributed by atoms with Crippen molar-refractivity contribution in [1.82, 2.24) is 5.32 Å². The van der Waals surface area contributed by atoms with Crippen LogP contribution in [0.3, 0.4) is 0 Å². The Morgan fingerprint density at radius 1 is 1.54 bits per heavy atom. The second kappa shape index (κ2) is 4.97. The molecule has 1 atom stereocenters. The molecule has 1 aliphatic heterocycles. The molecule has 0 spiro atoms. The fourth-order valence-electron chi connectivity index (χ4n) is 1.29. The minimum absolute atomic E-state index is 0.00637. The Kier molecular flexibility index (Phi) is 3.89. The minimum Gasteiger partial charge on any atom is -0.381 e. The lowest BCUT2D eigenvalue weighted by Crippen LogP contribution is -2.30. The van der Waals surface area contributed by atoms with Gasteiger partial charge in [0.2, 0.25) is 5.91 Å². The van der Waals surface area contributed by atoms with E-state index in [1.165, 1.54) is 6.92 Å². The summed E-state index contributed by atoms with van der Waals surface area (Å²) < 4.78 is 5.15. The van der Waals surface area contributed by atoms with E-state index in [0.717, 1.165) is 19.6 Å². The van der Waals surface area contributed by atoms with Crippen molar-refractivity contribution in [3.63, 3.8) is 0 Å². The molecule has 0 radical (unpaired) electrons. The van der Waals surface area contributed by atoms with Crippen LogP contribution in [0.2, 0.25) is 0 Å². The van der Waals surface area contributed by atoms with E-state index in [0.29, 0.717) is 12.5 Å². The predicted molar refractivity (Wildman–Crippen MR) is 47.2 cm³/mol. The highest BCUT2D eigenvalue weighted by molar-refractivity contribution is 5.96. The van der Waals surface area contributed by atoms with Gasteiger partial charge in [0.25, 0.3) is 0 Å². The van der Waals surface area contributed by atoms with Gasteiger partial charge < -0.3 is 10.1 Å². The van der Waals surface area contributed by atoms with E-state index in [9.17, 15) is 9.59 Å². The zero-order chi connectivity index (χ0) is 9.68. The average Bonchev–Trinajstić information content (AvgIpc) is 2.51. The Labute approximate surface area is 77.6 Å². The Balaban J connectivity index is 2.10. The molecule has 1 N–H and O–H groups in total. The maximum absolute atomic E-state index is 11.0. The number of ketones is 1. The van der Waals surface area contributed by atoms with E-state index in [1.54, 1.807) is 0 Å². The summed E-state index contributed by atoms with van der Waals surface area (Å²) in [7, 11) is 0. The first kappa shape index (κ1) is 10.2. The number of amides is 1. The van der Waals surface area contributed by atoms with E-state index < -0.39 is 0 Å². The van der Waals surface area contributed by atoms with Gasteiger partial charge in [-0.25, -0.2) is 0 Å². The molecule has 1 rings (SSSR count). The number of Topliss-reactive ketones (excluding diaryl/α,β-unsaturated/α-hetero) is 1. The Hall–Kier alpha value is -0.900. The van der Waals surface area contributed by atoms with Gasteiger partial charge in [0.15, 0.2) is 0 Å². The van der Waals surface area contributed by atoms with Crippen molar-refractivity contribution >= 4 is 11.7 Å². The Morgan fingerprint density at radius 2 is 2.31 bits per heavy atom. The second-order valence-corrected chi connectivity index (χ2v) is 3.41. The third kappa shape index (κ3) is 4.03. The molecule has 0 aromatic carbocycles. The third-order valence-corrected chi connectivity index (χ3v) is 2.02. The standard InChI is InChI=1S/C9H15NO3/c1-7(11)4-9(12)10-5-8-2-3-13-6-8/h8H,2-6H2,1H3,(H,10,12). The molecule has 13 heavy (non-hydrogen) atoms. The summed E-state index contributed by atoms with van der Waals surface area (Å²) >= 11 is 0. The third-order valence-electron chi connectivity index (χ3n) is 2.02. The Bertz CT molecular complexity index is 197. The summed E-state index contributed by atoms with van der Waals surface area (Å²) in [4.78, 5) is 21.6. The normalized spacial score (nSPS) is 21.5. The van der Waals surface area contributed by atoms with Gasteiger partial charge in [-0.2, -0.15) is 0 Å². The van der Waals surface area contributed by atoms with Gasteiger partial charge in [0, 0.05) is 19.1 Å². The van der Waals surface area contributed by atoms with E-state index in [2.05, 4.69) is 5.32 Å². The van der Waals surface area contributed by atoms with Gasteiger partial charge >= 0.3 is 0 Å². The van der Waals surface area contributed by atoms with Gasteiger partial charge in [-0.15, -0.1) is 0 Å². The Morgan fingerprint density at radius 3 is 2.85 bits per heavy atom. The predicted octanol–water partition coefficient (Wildman–Crippen LogP) is 0.118. The number of ether oxygens (including phenoxy) is 1. The highest BCUT2D eigenvalue weighted by Crippen LogP contribution is 2.10. The van der Waals surface area contributed by atoms with E-state index in [-0.39, 0.29) is 18.1 Å². The molecule has 74 valence electrons. The maximum Gasteiger partial charge on any atom is 0.227 e. The molecular weight excluding hydrogens is 170 g/mol. The molecule has 0 aromatic rings. The smallest absolute Gasteiger partial charge is 0.227 e. The number of rotatable bonds is 4. The maximum atomic E-state index is 11.0. The molecule has 0 aromatic heterocycles. The van der Waals surface area contributed by atoms with Gasteiger partial charge in [-0.05, 0) is 13.3 Å². The van der Waals surface area contributed by atoms with Gasteiger partial charge in [0.1, 0.15) is 5.78 Å². The lowest BCUT2D eigenvalue weighted by molar-refractivity contribution is -0.127. The molecule has 1 fully saturated rings. The number of nitrogens with one attached hydrogen (secondary N) is 1. The molecule has 1 saturated heterocycles. The molecule has 4 heteroatoms. The van der Waals surface area contributed by atoms with Crippen LogP contribution in [-0.4, -0.2) is 31.4 Å². The molecule has 4 nitrogen and oxygen atoms in total. The molecule has 0 saturated carbocycles. The van der Waals surface area contributed by atoms with Crippen molar-refractivity contribution in [3.8, 4) is 0 Å². The van der Waals surface area contributed by atoms with Gasteiger partial charge in [-0.1, -0.05) is 0 Å². The van der Waals surface area contributed by atoms with E-state index in [1.807, 2.05) is 0 Å². The summed E-state index contributed by atoms with van der Waals surface area (Å²) in [5.41, 5.74) is 0. The first-order valence-electron chi connectivity index (χ1n) is 4.52. The average molecular weight is 185 g/mol. The molecule has 0 aliphatic carbocycles. The van der Waals surface area contributed by atoms with Crippen LogP contribution in [0.1, 0.15) is 19.8 Å². The van der Waals surface area contributed by atoms with Crippen molar-refractivity contribution in [2.24, 2.45) is 5.92 Å². The summed E-state index contributed by atoms with van der Waals surface area (Å²) in [6.07, 6.45) is 0.994. The molecule has 0 bridgehead atoms. The summed E-state index contributed by atoms with van der Waals surface area (Å²) in [6.45, 7) is 3.55. The quantitative estimate of drug-likeness (QED) is 0.633. The first-order chi connectivity index (χ1) is 6.18. The number of carbonyl (C=O) groups excluding carboxylic acids is 2. The highest BCUT2D eigenvalue weighted by Gasteiger charge is 2.16. The molecular formula is C9H15NO3. The monoisotopic (exact) mass is 185 g/mol. The molecule has 1 heterocycles. The van der Waals surface area contributed by atoms with Crippen LogP contribution in [0, 0.1) is 5.92 Å². The summed E-state index contributed by atoms with van der Waals surface area (Å²) in [5, 5.41) is 2.72. The van der Waals surface area contributed by atoms with Crippen molar-refractivity contribution < 1.29 is 14.3 Å². The second-order valence-electron chi connectivity index (χ2n) is 3.41. The zero-order valence-electron chi connectivity index (χ0n) is 7.84. The van der Waals surface area contributed by atoms with Crippen LogP contribution in [0.5, 0.6) is 0 Å². The van der Waals surface area contributed by atoms with E-state index >= 15 is 0 Å². The minimum atomic E-state index is -0.181. The lowest BCUT2D eigenvalue weighted by atomic mass is 10.1. The first-order valence-corrected chi connectivity index (χ1v) is 4.52. The van der Waals surface area contributed by atoms with Crippen LogP contribution < -0.4 is 5.32 Å². The fraction of sp³-hybridized carbons (Fsp3) is 0.778. The number of hydrogen-bond donors (Lipinski definition) is 1. The van der Waals surface area contributed by atoms with Crippen LogP contribution >= 0.6 is 0 Å². The molecule has 1 unspecified atom stereocenters. The zero-order valence-corrected chi connectivity index (χ0v) is 7.84. The largest absolute Gasteiger partial charge is 0.381 e. The molecule has 1 amide bonds. The van der Waals surface area contributed by atoms with Crippen molar-refractivity contribution in [3.05, 3.63) is 0 Å². The van der Waals surface area contributed by atoms with E-state index in [4.69, 9.17) is 4.74 Å². The SMILES string of the molecule is CC(=O)CC(=O)NCC1CCOC1. The van der Waals surface area contributed by atoms with Gasteiger partial charge in [-0.3, -0.25) is 9.59 Å². The van der Waals surface area contributed by atoms with Crippen molar-refractivity contribution in [2.75, 3.05) is 19.8 Å². The summed E-state index contributed by atoms with van der Waals surface area (Å²) in [6, 6.07) is 0.